The highest BCUT2D eigenvalue weighted by molar-refractivity contribution is 7.90. The average molecular weight is 378 g/mol. The van der Waals surface area contributed by atoms with Crippen LogP contribution in [0.5, 0.6) is 0 Å². The Morgan fingerprint density at radius 1 is 1.00 bits per heavy atom. The normalized spacial score (nSPS) is 16.6. The van der Waals surface area contributed by atoms with E-state index < -0.39 is 10.0 Å². The van der Waals surface area contributed by atoms with E-state index >= 15 is 0 Å². The first kappa shape index (κ1) is 17.3. The van der Waals surface area contributed by atoms with E-state index in [0.717, 1.165) is 11.4 Å². The maximum absolute atomic E-state index is 12.5. The van der Waals surface area contributed by atoms with E-state index in [0.29, 0.717) is 24.5 Å². The van der Waals surface area contributed by atoms with Crippen LogP contribution in [0.4, 0.5) is 11.4 Å². The predicted octanol–water partition coefficient (Wildman–Crippen LogP) is 3.28. The second kappa shape index (κ2) is 6.25. The Balaban J connectivity index is 2.00. The van der Waals surface area contributed by atoms with Gasteiger partial charge in [0.05, 0.1) is 16.3 Å². The van der Waals surface area contributed by atoms with Gasteiger partial charge in [-0.25, -0.2) is 0 Å². The first-order valence-corrected chi connectivity index (χ1v) is 10.2. The number of allylic oxidation sites excluding steroid dienone is 1. The monoisotopic (exact) mass is 378 g/mol. The lowest BCUT2D eigenvalue weighted by Gasteiger charge is -2.25. The van der Waals surface area contributed by atoms with Crippen LogP contribution in [0.1, 0.15) is 19.4 Å². The molecule has 2 heterocycles. The fraction of sp³-hybridized carbons (Fsp3) is 0.200. The standard InChI is InChI=1S/C20H18N4O2S/c1-3-23-16-10-6-7-11-17(16)24(4-2)20(23)15(13-21)19-14-9-5-8-12-18(14)27(25,26)22-19/h5-12H,3-4H2,1-2H3. The van der Waals surface area contributed by atoms with Crippen LogP contribution >= 0.6 is 0 Å². The lowest BCUT2D eigenvalue weighted by Crippen LogP contribution is -2.31. The molecule has 0 saturated carbocycles. The molecule has 0 N–H and O–H groups in total. The highest BCUT2D eigenvalue weighted by atomic mass is 32.2. The number of anilines is 2. The van der Waals surface area contributed by atoms with Gasteiger partial charge in [-0.15, -0.1) is 0 Å². The summed E-state index contributed by atoms with van der Waals surface area (Å²) in [6.07, 6.45) is 0. The third-order valence-corrected chi connectivity index (χ3v) is 6.15. The lowest BCUT2D eigenvalue weighted by molar-refractivity contribution is 0.599. The molecular formula is C20H18N4O2S. The van der Waals surface area contributed by atoms with Crippen molar-refractivity contribution in [1.29, 1.82) is 5.26 Å². The number of hydrogen-bond donors (Lipinski definition) is 0. The molecule has 27 heavy (non-hydrogen) atoms. The average Bonchev–Trinajstić information content (AvgIpc) is 3.14. The molecule has 0 fully saturated rings. The van der Waals surface area contributed by atoms with E-state index in [2.05, 4.69) is 10.5 Å². The SMILES string of the molecule is CCN1C(=C(C#N)C2=NS(=O)(=O)c3ccccc32)N(CC)c2ccccc21. The summed E-state index contributed by atoms with van der Waals surface area (Å²) in [5.41, 5.74) is 2.96. The van der Waals surface area contributed by atoms with Crippen LogP contribution in [0.15, 0.2) is 69.2 Å². The summed E-state index contributed by atoms with van der Waals surface area (Å²) in [5.74, 6) is 0.675. The van der Waals surface area contributed by atoms with Gasteiger partial charge in [-0.1, -0.05) is 30.3 Å². The summed E-state index contributed by atoms with van der Waals surface area (Å²) >= 11 is 0. The molecule has 6 nitrogen and oxygen atoms in total. The molecule has 2 aliphatic rings. The van der Waals surface area contributed by atoms with Gasteiger partial charge in [-0.2, -0.15) is 18.1 Å². The zero-order chi connectivity index (χ0) is 19.2. The first-order chi connectivity index (χ1) is 13.0. The van der Waals surface area contributed by atoms with Gasteiger partial charge >= 0.3 is 0 Å². The minimum absolute atomic E-state index is 0.148. The van der Waals surface area contributed by atoms with E-state index in [1.807, 2.05) is 47.9 Å². The van der Waals surface area contributed by atoms with Crippen LogP contribution in [0, 0.1) is 11.3 Å². The van der Waals surface area contributed by atoms with Gasteiger partial charge in [0, 0.05) is 18.7 Å². The van der Waals surface area contributed by atoms with E-state index in [1.165, 1.54) is 6.07 Å². The quantitative estimate of drug-likeness (QED) is 0.766. The minimum atomic E-state index is -3.79. The van der Waals surface area contributed by atoms with E-state index in [1.54, 1.807) is 18.2 Å². The summed E-state index contributed by atoms with van der Waals surface area (Å²) in [5, 5.41) is 10.0. The van der Waals surface area contributed by atoms with Crippen molar-refractivity contribution in [2.45, 2.75) is 18.7 Å². The molecule has 0 aromatic heterocycles. The van der Waals surface area contributed by atoms with Gasteiger partial charge in [-0.3, -0.25) is 0 Å². The largest absolute Gasteiger partial charge is 0.325 e. The van der Waals surface area contributed by atoms with Crippen LogP contribution < -0.4 is 9.80 Å². The summed E-state index contributed by atoms with van der Waals surface area (Å²) < 4.78 is 28.9. The zero-order valence-corrected chi connectivity index (χ0v) is 15.9. The number of para-hydroxylation sites is 2. The molecule has 136 valence electrons. The van der Waals surface area contributed by atoms with Crippen molar-refractivity contribution < 1.29 is 8.42 Å². The molecule has 4 rings (SSSR count). The van der Waals surface area contributed by atoms with Crippen molar-refractivity contribution in [3.05, 3.63) is 65.5 Å². The molecule has 0 saturated heterocycles. The van der Waals surface area contributed by atoms with Crippen molar-refractivity contribution in [3.8, 4) is 6.07 Å². The minimum Gasteiger partial charge on any atom is -0.325 e. The number of benzene rings is 2. The van der Waals surface area contributed by atoms with E-state index in [9.17, 15) is 13.7 Å². The first-order valence-electron chi connectivity index (χ1n) is 8.76. The number of fused-ring (bicyclic) bond motifs is 2. The maximum atomic E-state index is 12.5. The number of sulfonamides is 1. The van der Waals surface area contributed by atoms with Gasteiger partial charge in [0.25, 0.3) is 10.0 Å². The van der Waals surface area contributed by atoms with Gasteiger partial charge in [0.15, 0.2) is 0 Å². The molecule has 0 unspecified atom stereocenters. The van der Waals surface area contributed by atoms with E-state index in [-0.39, 0.29) is 16.2 Å². The van der Waals surface area contributed by atoms with Crippen LogP contribution in [-0.2, 0) is 10.0 Å². The summed E-state index contributed by atoms with van der Waals surface area (Å²) in [6, 6.07) is 16.8. The summed E-state index contributed by atoms with van der Waals surface area (Å²) in [7, 11) is -3.79. The molecule has 2 aromatic carbocycles. The molecule has 2 aromatic rings. The molecule has 0 spiro atoms. The lowest BCUT2D eigenvalue weighted by atomic mass is 10.0. The molecule has 0 aliphatic carbocycles. The Kier molecular flexibility index (Phi) is 4.01. The number of nitrogens with zero attached hydrogens (tertiary/aromatic N) is 4. The Hall–Kier alpha value is -3.11. The number of hydrogen-bond acceptors (Lipinski definition) is 5. The molecule has 0 atom stereocenters. The third-order valence-electron chi connectivity index (χ3n) is 4.81. The number of nitriles is 1. The smallest absolute Gasteiger partial charge is 0.283 e. The molecule has 0 amide bonds. The van der Waals surface area contributed by atoms with Gasteiger partial charge in [0.1, 0.15) is 23.2 Å². The Morgan fingerprint density at radius 3 is 2.11 bits per heavy atom. The van der Waals surface area contributed by atoms with Crippen LogP contribution in [0.3, 0.4) is 0 Å². The predicted molar refractivity (Wildman–Crippen MR) is 105 cm³/mol. The second-order valence-corrected chi connectivity index (χ2v) is 7.77. The molecule has 2 aliphatic heterocycles. The van der Waals surface area contributed by atoms with Crippen molar-refractivity contribution in [1.82, 2.24) is 0 Å². The zero-order valence-electron chi connectivity index (χ0n) is 15.0. The Labute approximate surface area is 158 Å². The van der Waals surface area contributed by atoms with Crippen LogP contribution in [0.25, 0.3) is 0 Å². The highest BCUT2D eigenvalue weighted by Crippen LogP contribution is 2.43. The third kappa shape index (κ3) is 2.45. The number of rotatable bonds is 3. The maximum Gasteiger partial charge on any atom is 0.283 e. The van der Waals surface area contributed by atoms with Crippen molar-refractivity contribution in [2.24, 2.45) is 4.40 Å². The highest BCUT2D eigenvalue weighted by Gasteiger charge is 2.37. The van der Waals surface area contributed by atoms with Crippen LogP contribution in [-0.4, -0.2) is 27.2 Å². The molecule has 0 bridgehead atoms. The Bertz CT molecular complexity index is 1110. The fourth-order valence-electron chi connectivity index (χ4n) is 3.70. The van der Waals surface area contributed by atoms with Crippen LogP contribution in [0.2, 0.25) is 0 Å². The van der Waals surface area contributed by atoms with Gasteiger partial charge in [0.2, 0.25) is 0 Å². The van der Waals surface area contributed by atoms with Gasteiger partial charge < -0.3 is 9.80 Å². The summed E-state index contributed by atoms with van der Waals surface area (Å²) in [6.45, 7) is 5.31. The topological polar surface area (TPSA) is 76.8 Å². The molecular weight excluding hydrogens is 360 g/mol. The van der Waals surface area contributed by atoms with Crippen molar-refractivity contribution in [3.63, 3.8) is 0 Å². The van der Waals surface area contributed by atoms with Crippen molar-refractivity contribution in [2.75, 3.05) is 22.9 Å². The molecule has 7 heteroatoms. The summed E-state index contributed by atoms with van der Waals surface area (Å²) in [4.78, 5) is 4.22. The fourth-order valence-corrected chi connectivity index (χ4v) is 4.92. The van der Waals surface area contributed by atoms with Gasteiger partial charge in [-0.05, 0) is 32.0 Å². The van der Waals surface area contributed by atoms with E-state index in [4.69, 9.17) is 0 Å². The second-order valence-electron chi connectivity index (χ2n) is 6.20. The Morgan fingerprint density at radius 2 is 1.56 bits per heavy atom. The van der Waals surface area contributed by atoms with Crippen molar-refractivity contribution >= 4 is 27.1 Å². The molecule has 0 radical (unpaired) electrons.